The van der Waals surface area contributed by atoms with Gasteiger partial charge in [-0.1, -0.05) is 24.3 Å². The summed E-state index contributed by atoms with van der Waals surface area (Å²) in [6, 6.07) is 13.1. The van der Waals surface area contributed by atoms with E-state index < -0.39 is 0 Å². The summed E-state index contributed by atoms with van der Waals surface area (Å²) in [4.78, 5) is 13.6. The largest absolute Gasteiger partial charge is 0.326 e. The second-order valence-electron chi connectivity index (χ2n) is 4.77. The summed E-state index contributed by atoms with van der Waals surface area (Å²) in [6.07, 6.45) is 0. The van der Waals surface area contributed by atoms with Gasteiger partial charge in [-0.3, -0.25) is 0 Å². The summed E-state index contributed by atoms with van der Waals surface area (Å²) >= 11 is 0. The minimum Gasteiger partial charge on any atom is -0.326 e. The molecular formula is C16H18FN3O. The standard InChI is InChI=1S/C16H18FN3O/c1-20(11-13-5-3-2-4-12(13)10-18)16(21)19-15-8-6-14(17)7-9-15/h2-9H,10-11,18H2,1H3,(H,19,21). The predicted molar refractivity (Wildman–Crippen MR) is 81.2 cm³/mol. The molecule has 21 heavy (non-hydrogen) atoms. The fraction of sp³-hybridized carbons (Fsp3) is 0.188. The molecule has 2 amide bonds. The highest BCUT2D eigenvalue weighted by Gasteiger charge is 2.11. The van der Waals surface area contributed by atoms with E-state index in [1.54, 1.807) is 11.9 Å². The molecule has 2 aromatic rings. The number of amides is 2. The van der Waals surface area contributed by atoms with E-state index in [0.717, 1.165) is 11.1 Å². The third-order valence-electron chi connectivity index (χ3n) is 3.19. The van der Waals surface area contributed by atoms with Gasteiger partial charge in [0.2, 0.25) is 0 Å². The summed E-state index contributed by atoms with van der Waals surface area (Å²) < 4.78 is 12.8. The molecule has 2 aromatic carbocycles. The second-order valence-corrected chi connectivity index (χ2v) is 4.77. The van der Waals surface area contributed by atoms with Gasteiger partial charge < -0.3 is 16.0 Å². The van der Waals surface area contributed by atoms with Gasteiger partial charge in [-0.15, -0.1) is 0 Å². The molecule has 3 N–H and O–H groups in total. The van der Waals surface area contributed by atoms with Crippen molar-refractivity contribution in [2.24, 2.45) is 5.73 Å². The molecule has 0 saturated heterocycles. The van der Waals surface area contributed by atoms with Gasteiger partial charge in [-0.25, -0.2) is 9.18 Å². The Morgan fingerprint density at radius 3 is 2.38 bits per heavy atom. The van der Waals surface area contributed by atoms with E-state index in [1.807, 2.05) is 24.3 Å². The van der Waals surface area contributed by atoms with Gasteiger partial charge in [-0.2, -0.15) is 0 Å². The van der Waals surface area contributed by atoms with Crippen molar-refractivity contribution >= 4 is 11.7 Å². The SMILES string of the molecule is CN(Cc1ccccc1CN)C(=O)Nc1ccc(F)cc1. The number of hydrogen-bond donors (Lipinski definition) is 2. The van der Waals surface area contributed by atoms with E-state index in [2.05, 4.69) is 5.32 Å². The summed E-state index contributed by atoms with van der Waals surface area (Å²) in [5, 5.41) is 2.72. The van der Waals surface area contributed by atoms with E-state index in [9.17, 15) is 9.18 Å². The molecule has 0 heterocycles. The van der Waals surface area contributed by atoms with Crippen molar-refractivity contribution in [2.45, 2.75) is 13.1 Å². The number of urea groups is 1. The van der Waals surface area contributed by atoms with E-state index in [-0.39, 0.29) is 11.8 Å². The lowest BCUT2D eigenvalue weighted by Gasteiger charge is -2.19. The maximum atomic E-state index is 12.8. The van der Waals surface area contributed by atoms with Crippen molar-refractivity contribution in [2.75, 3.05) is 12.4 Å². The van der Waals surface area contributed by atoms with Gasteiger partial charge in [0.05, 0.1) is 0 Å². The molecule has 5 heteroatoms. The van der Waals surface area contributed by atoms with Gasteiger partial charge in [0.1, 0.15) is 5.82 Å². The minimum atomic E-state index is -0.335. The zero-order valence-electron chi connectivity index (χ0n) is 11.8. The van der Waals surface area contributed by atoms with Crippen LogP contribution < -0.4 is 11.1 Å². The van der Waals surface area contributed by atoms with Crippen LogP contribution in [0.1, 0.15) is 11.1 Å². The Hall–Kier alpha value is -2.40. The number of hydrogen-bond acceptors (Lipinski definition) is 2. The molecule has 0 radical (unpaired) electrons. The van der Waals surface area contributed by atoms with Crippen LogP contribution in [0, 0.1) is 5.82 Å². The van der Waals surface area contributed by atoms with E-state index in [4.69, 9.17) is 5.73 Å². The summed E-state index contributed by atoms with van der Waals surface area (Å²) in [5.74, 6) is -0.335. The van der Waals surface area contributed by atoms with Crippen LogP contribution in [-0.2, 0) is 13.1 Å². The molecule has 0 bridgehead atoms. The number of rotatable bonds is 4. The number of carbonyl (C=O) groups is 1. The zero-order valence-corrected chi connectivity index (χ0v) is 11.8. The zero-order chi connectivity index (χ0) is 15.2. The predicted octanol–water partition coefficient (Wildman–Crippen LogP) is 2.95. The molecule has 0 aliphatic rings. The fourth-order valence-electron chi connectivity index (χ4n) is 1.99. The number of carbonyl (C=O) groups excluding carboxylic acids is 1. The lowest BCUT2D eigenvalue weighted by molar-refractivity contribution is 0.220. The highest BCUT2D eigenvalue weighted by Crippen LogP contribution is 2.13. The molecule has 110 valence electrons. The highest BCUT2D eigenvalue weighted by atomic mass is 19.1. The Kier molecular flexibility index (Phi) is 4.90. The number of anilines is 1. The van der Waals surface area contributed by atoms with Gasteiger partial charge in [-0.05, 0) is 35.4 Å². The number of nitrogens with zero attached hydrogens (tertiary/aromatic N) is 1. The Balaban J connectivity index is 2.01. The first-order valence-electron chi connectivity index (χ1n) is 6.64. The van der Waals surface area contributed by atoms with Crippen molar-refractivity contribution < 1.29 is 9.18 Å². The van der Waals surface area contributed by atoms with Crippen molar-refractivity contribution in [3.05, 3.63) is 65.5 Å². The third kappa shape index (κ3) is 4.03. The quantitative estimate of drug-likeness (QED) is 0.908. The van der Waals surface area contributed by atoms with Crippen LogP contribution in [0.5, 0.6) is 0 Å². The molecule has 0 spiro atoms. The number of benzene rings is 2. The van der Waals surface area contributed by atoms with Crippen LogP contribution in [0.3, 0.4) is 0 Å². The van der Waals surface area contributed by atoms with Crippen LogP contribution in [0.25, 0.3) is 0 Å². The van der Waals surface area contributed by atoms with Crippen molar-refractivity contribution in [1.82, 2.24) is 4.90 Å². The molecule has 0 atom stereocenters. The van der Waals surface area contributed by atoms with E-state index in [0.29, 0.717) is 18.8 Å². The summed E-state index contributed by atoms with van der Waals surface area (Å²) in [6.45, 7) is 0.893. The average Bonchev–Trinajstić information content (AvgIpc) is 2.50. The Morgan fingerprint density at radius 2 is 1.76 bits per heavy atom. The minimum absolute atomic E-state index is 0.256. The van der Waals surface area contributed by atoms with Crippen LogP contribution in [0.15, 0.2) is 48.5 Å². The summed E-state index contributed by atoms with van der Waals surface area (Å²) in [5.41, 5.74) is 8.27. The molecule has 0 saturated carbocycles. The van der Waals surface area contributed by atoms with Gasteiger partial charge >= 0.3 is 6.03 Å². The first-order chi connectivity index (χ1) is 10.1. The lowest BCUT2D eigenvalue weighted by atomic mass is 10.1. The molecule has 0 unspecified atom stereocenters. The van der Waals surface area contributed by atoms with Crippen molar-refractivity contribution in [1.29, 1.82) is 0 Å². The molecular weight excluding hydrogens is 269 g/mol. The first kappa shape index (κ1) is 15.0. The van der Waals surface area contributed by atoms with Crippen LogP contribution in [0.4, 0.5) is 14.9 Å². The topological polar surface area (TPSA) is 58.4 Å². The maximum Gasteiger partial charge on any atom is 0.321 e. The molecule has 0 aliphatic carbocycles. The van der Waals surface area contributed by atoms with Crippen LogP contribution in [0.2, 0.25) is 0 Å². The molecule has 0 fully saturated rings. The highest BCUT2D eigenvalue weighted by molar-refractivity contribution is 5.89. The number of halogens is 1. The normalized spacial score (nSPS) is 10.2. The van der Waals surface area contributed by atoms with Gasteiger partial charge in [0.25, 0.3) is 0 Å². The smallest absolute Gasteiger partial charge is 0.321 e. The van der Waals surface area contributed by atoms with Crippen molar-refractivity contribution in [3.8, 4) is 0 Å². The van der Waals surface area contributed by atoms with E-state index >= 15 is 0 Å². The van der Waals surface area contributed by atoms with Gasteiger partial charge in [0.15, 0.2) is 0 Å². The molecule has 4 nitrogen and oxygen atoms in total. The van der Waals surface area contributed by atoms with E-state index in [1.165, 1.54) is 24.3 Å². The summed E-state index contributed by atoms with van der Waals surface area (Å²) in [7, 11) is 1.70. The van der Waals surface area contributed by atoms with Crippen LogP contribution >= 0.6 is 0 Å². The maximum absolute atomic E-state index is 12.8. The van der Waals surface area contributed by atoms with Crippen molar-refractivity contribution in [3.63, 3.8) is 0 Å². The number of nitrogens with one attached hydrogen (secondary N) is 1. The molecule has 0 aliphatic heterocycles. The molecule has 0 aromatic heterocycles. The monoisotopic (exact) mass is 287 g/mol. The lowest BCUT2D eigenvalue weighted by Crippen LogP contribution is -2.31. The Morgan fingerprint density at radius 1 is 1.14 bits per heavy atom. The fourth-order valence-corrected chi connectivity index (χ4v) is 1.99. The Labute approximate surface area is 123 Å². The first-order valence-corrected chi connectivity index (χ1v) is 6.64. The number of nitrogens with two attached hydrogens (primary N) is 1. The third-order valence-corrected chi connectivity index (χ3v) is 3.19. The van der Waals surface area contributed by atoms with Gasteiger partial charge in [0, 0.05) is 25.8 Å². The second kappa shape index (κ2) is 6.85. The Bertz CT molecular complexity index is 613. The van der Waals surface area contributed by atoms with Crippen LogP contribution in [-0.4, -0.2) is 18.0 Å². The average molecular weight is 287 g/mol. The molecule has 2 rings (SSSR count).